The van der Waals surface area contributed by atoms with Gasteiger partial charge in [-0.1, -0.05) is 18.2 Å². The van der Waals surface area contributed by atoms with Crippen LogP contribution in [0, 0.1) is 5.41 Å². The molecule has 0 aliphatic carbocycles. The third kappa shape index (κ3) is 3.07. The highest BCUT2D eigenvalue weighted by Gasteiger charge is 2.39. The van der Waals surface area contributed by atoms with Gasteiger partial charge >= 0.3 is 0 Å². The van der Waals surface area contributed by atoms with Crippen molar-refractivity contribution in [3.63, 3.8) is 0 Å². The van der Waals surface area contributed by atoms with Gasteiger partial charge in [-0.05, 0) is 51.4 Å². The van der Waals surface area contributed by atoms with Crippen LogP contribution >= 0.6 is 0 Å². The molecule has 2 saturated heterocycles. The second kappa shape index (κ2) is 6.46. The van der Waals surface area contributed by atoms with E-state index in [0.717, 1.165) is 55.6 Å². The minimum atomic E-state index is 0.0499. The minimum Gasteiger partial charge on any atom is -0.451 e. The maximum Gasteiger partial charge on any atom is 0.289 e. The molecule has 0 radical (unpaired) electrons. The molecule has 0 saturated carbocycles. The second-order valence-corrected chi connectivity index (χ2v) is 7.86. The summed E-state index contributed by atoms with van der Waals surface area (Å²) in [5.74, 6) is 0.573. The molecule has 2 aliphatic heterocycles. The Balaban J connectivity index is 1.59. The predicted octanol–water partition coefficient (Wildman–Crippen LogP) is 2.71. The van der Waals surface area contributed by atoms with Gasteiger partial charge in [-0.3, -0.25) is 4.79 Å². The number of benzene rings is 1. The molecule has 5 heteroatoms. The Bertz CT molecular complexity index is 764. The highest BCUT2D eigenvalue weighted by atomic mass is 16.3. The molecule has 1 N–H and O–H groups in total. The van der Waals surface area contributed by atoms with Crippen LogP contribution in [-0.2, 0) is 6.54 Å². The molecular weight excluding hydrogens is 314 g/mol. The molecule has 2 aromatic rings. The van der Waals surface area contributed by atoms with Gasteiger partial charge in [0.25, 0.3) is 5.91 Å². The molecule has 5 nitrogen and oxygen atoms in total. The van der Waals surface area contributed by atoms with Gasteiger partial charge in [0.05, 0.1) is 0 Å². The molecule has 2 aliphatic rings. The van der Waals surface area contributed by atoms with Crippen LogP contribution in [0.5, 0.6) is 0 Å². The Morgan fingerprint density at radius 2 is 2.00 bits per heavy atom. The van der Waals surface area contributed by atoms with E-state index < -0.39 is 0 Å². The van der Waals surface area contributed by atoms with E-state index in [1.54, 1.807) is 0 Å². The van der Waals surface area contributed by atoms with Crippen LogP contribution < -0.4 is 5.32 Å². The lowest BCUT2D eigenvalue weighted by Crippen LogP contribution is -2.44. The van der Waals surface area contributed by atoms with E-state index in [4.69, 9.17) is 4.42 Å². The third-order valence-electron chi connectivity index (χ3n) is 5.81. The zero-order chi connectivity index (χ0) is 17.4. The summed E-state index contributed by atoms with van der Waals surface area (Å²) < 4.78 is 6.00. The summed E-state index contributed by atoms with van der Waals surface area (Å²) in [6, 6.07) is 7.95. The van der Waals surface area contributed by atoms with E-state index in [0.29, 0.717) is 17.7 Å². The lowest BCUT2D eigenvalue weighted by Gasteiger charge is -2.38. The number of amides is 1. The number of nitrogens with zero attached hydrogens (tertiary/aromatic N) is 2. The van der Waals surface area contributed by atoms with Crippen molar-refractivity contribution in [1.82, 2.24) is 15.1 Å². The van der Waals surface area contributed by atoms with E-state index in [1.807, 2.05) is 43.3 Å². The van der Waals surface area contributed by atoms with E-state index in [1.165, 1.54) is 6.42 Å². The van der Waals surface area contributed by atoms with Gasteiger partial charge in [0.2, 0.25) is 0 Å². The van der Waals surface area contributed by atoms with Crippen molar-refractivity contribution >= 4 is 16.9 Å². The number of hydrogen-bond donors (Lipinski definition) is 1. The largest absolute Gasteiger partial charge is 0.451 e. The summed E-state index contributed by atoms with van der Waals surface area (Å²) in [7, 11) is 4.04. The Hall–Kier alpha value is -1.85. The molecule has 4 rings (SSSR count). The maximum absolute atomic E-state index is 13.2. The molecular formula is C20H27N3O2. The molecule has 3 heterocycles. The summed E-state index contributed by atoms with van der Waals surface area (Å²) in [6.45, 7) is 4.59. The molecule has 25 heavy (non-hydrogen) atoms. The fourth-order valence-corrected chi connectivity index (χ4v) is 4.29. The van der Waals surface area contributed by atoms with E-state index >= 15 is 0 Å². The van der Waals surface area contributed by atoms with Crippen molar-refractivity contribution in [1.29, 1.82) is 0 Å². The first kappa shape index (κ1) is 16.6. The molecule has 1 amide bonds. The normalized spacial score (nSPS) is 20.0. The third-order valence-corrected chi connectivity index (χ3v) is 5.81. The zero-order valence-corrected chi connectivity index (χ0v) is 15.2. The molecule has 1 spiro atoms. The highest BCUT2D eigenvalue weighted by molar-refractivity contribution is 5.99. The van der Waals surface area contributed by atoms with Crippen molar-refractivity contribution in [2.24, 2.45) is 5.41 Å². The Morgan fingerprint density at radius 3 is 2.68 bits per heavy atom. The lowest BCUT2D eigenvalue weighted by atomic mass is 9.78. The van der Waals surface area contributed by atoms with Gasteiger partial charge in [-0.25, -0.2) is 0 Å². The fraction of sp³-hybridized carbons (Fsp3) is 0.550. The van der Waals surface area contributed by atoms with Crippen molar-refractivity contribution in [2.45, 2.75) is 25.8 Å². The second-order valence-electron chi connectivity index (χ2n) is 7.86. The monoisotopic (exact) mass is 341 g/mol. The first-order chi connectivity index (χ1) is 12.1. The van der Waals surface area contributed by atoms with Gasteiger partial charge < -0.3 is 19.5 Å². The van der Waals surface area contributed by atoms with Crippen LogP contribution in [0.3, 0.4) is 0 Å². The summed E-state index contributed by atoms with van der Waals surface area (Å²) in [4.78, 5) is 17.2. The fourth-order valence-electron chi connectivity index (χ4n) is 4.29. The van der Waals surface area contributed by atoms with E-state index in [-0.39, 0.29) is 5.91 Å². The Kier molecular flexibility index (Phi) is 4.29. The topological polar surface area (TPSA) is 48.7 Å². The zero-order valence-electron chi connectivity index (χ0n) is 15.2. The highest BCUT2D eigenvalue weighted by Crippen LogP contribution is 2.38. The molecule has 1 aromatic heterocycles. The standard InChI is InChI=1S/C20H27N3O2/c1-22(2)13-16-15-5-3-4-6-17(15)25-18(16)19(24)23-11-8-20(9-12-23)7-10-21-14-20/h3-6,21H,7-14H2,1-2H3. The maximum atomic E-state index is 13.2. The van der Waals surface area contributed by atoms with Crippen LogP contribution in [0.15, 0.2) is 28.7 Å². The Labute approximate surface area is 149 Å². The summed E-state index contributed by atoms with van der Waals surface area (Å²) in [6.07, 6.45) is 3.43. The first-order valence-electron chi connectivity index (χ1n) is 9.23. The number of rotatable bonds is 3. The SMILES string of the molecule is CN(C)Cc1c(C(=O)N2CCC3(CCNC3)CC2)oc2ccccc12. The summed E-state index contributed by atoms with van der Waals surface area (Å²) in [5, 5.41) is 4.53. The van der Waals surface area contributed by atoms with Gasteiger partial charge in [0.15, 0.2) is 5.76 Å². The van der Waals surface area contributed by atoms with Crippen molar-refractivity contribution in [2.75, 3.05) is 40.3 Å². The van der Waals surface area contributed by atoms with Gasteiger partial charge in [0.1, 0.15) is 5.58 Å². The number of fused-ring (bicyclic) bond motifs is 1. The summed E-state index contributed by atoms with van der Waals surface area (Å²) in [5.41, 5.74) is 2.22. The number of para-hydroxylation sites is 1. The molecule has 134 valence electrons. The molecule has 0 bridgehead atoms. The van der Waals surface area contributed by atoms with Gasteiger partial charge in [0, 0.05) is 37.1 Å². The van der Waals surface area contributed by atoms with Crippen molar-refractivity contribution < 1.29 is 9.21 Å². The molecule has 1 aromatic carbocycles. The van der Waals surface area contributed by atoms with Gasteiger partial charge in [-0.15, -0.1) is 0 Å². The minimum absolute atomic E-state index is 0.0499. The number of piperidine rings is 1. The molecule has 0 unspecified atom stereocenters. The van der Waals surface area contributed by atoms with E-state index in [9.17, 15) is 4.79 Å². The Morgan fingerprint density at radius 1 is 1.24 bits per heavy atom. The average molecular weight is 341 g/mol. The van der Waals surface area contributed by atoms with Crippen LogP contribution in [-0.4, -0.2) is 56.0 Å². The molecule has 2 fully saturated rings. The van der Waals surface area contributed by atoms with Crippen molar-refractivity contribution in [3.05, 3.63) is 35.6 Å². The average Bonchev–Trinajstić information content (AvgIpc) is 3.20. The predicted molar refractivity (Wildman–Crippen MR) is 98.7 cm³/mol. The first-order valence-corrected chi connectivity index (χ1v) is 9.23. The van der Waals surface area contributed by atoms with E-state index in [2.05, 4.69) is 10.2 Å². The number of nitrogens with one attached hydrogen (secondary N) is 1. The van der Waals surface area contributed by atoms with Gasteiger partial charge in [-0.2, -0.15) is 0 Å². The lowest BCUT2D eigenvalue weighted by molar-refractivity contribution is 0.0577. The summed E-state index contributed by atoms with van der Waals surface area (Å²) >= 11 is 0. The quantitative estimate of drug-likeness (QED) is 0.933. The number of carbonyl (C=O) groups is 1. The van der Waals surface area contributed by atoms with Crippen LogP contribution in [0.25, 0.3) is 11.0 Å². The number of hydrogen-bond acceptors (Lipinski definition) is 4. The smallest absolute Gasteiger partial charge is 0.289 e. The van der Waals surface area contributed by atoms with Crippen LogP contribution in [0.4, 0.5) is 0 Å². The van der Waals surface area contributed by atoms with Crippen molar-refractivity contribution in [3.8, 4) is 0 Å². The number of furan rings is 1. The van der Waals surface area contributed by atoms with Crippen LogP contribution in [0.1, 0.15) is 35.4 Å². The molecule has 0 atom stereocenters. The van der Waals surface area contributed by atoms with Crippen LogP contribution in [0.2, 0.25) is 0 Å². The number of carbonyl (C=O) groups excluding carboxylic acids is 1. The number of likely N-dealkylation sites (tertiary alicyclic amines) is 1.